The maximum Gasteiger partial charge on any atom is 0.692 e. The van der Waals surface area contributed by atoms with Crippen LogP contribution in [0.25, 0.3) is 0 Å². The molecule has 92 valence electrons. The van der Waals surface area contributed by atoms with Gasteiger partial charge in [0.2, 0.25) is 0 Å². The lowest BCUT2D eigenvalue weighted by molar-refractivity contribution is 0.0970. The molecule has 0 aliphatic rings. The van der Waals surface area contributed by atoms with Crippen LogP contribution in [0.15, 0.2) is 41.0 Å². The molecule has 0 saturated heterocycles. The molecule has 0 heterocycles. The molecule has 0 unspecified atom stereocenters. The maximum atomic E-state index is 11.3. The van der Waals surface area contributed by atoms with Crippen LogP contribution in [0.4, 0.5) is 0 Å². The first-order valence-electron chi connectivity index (χ1n) is 4.15. The summed E-state index contributed by atoms with van der Waals surface area (Å²) in [4.78, 5) is 25.5. The van der Waals surface area contributed by atoms with E-state index in [9.17, 15) is 4.79 Å². The molecule has 0 bridgehead atoms. The Labute approximate surface area is 109 Å². The molecule has 0 saturated carbocycles. The number of benzene rings is 1. The van der Waals surface area contributed by atoms with Gasteiger partial charge in [-0.05, 0) is 12.1 Å². The summed E-state index contributed by atoms with van der Waals surface area (Å²) < 4.78 is 8.72. The molecule has 0 atom stereocenters. The highest BCUT2D eigenvalue weighted by atomic mass is 35.5. The summed E-state index contributed by atoms with van der Waals surface area (Å²) in [7, 11) is -2.87. The smallest absolute Gasteiger partial charge is 0.326 e. The second-order valence-corrected chi connectivity index (χ2v) is 4.04. The minimum Gasteiger partial charge on any atom is -0.326 e. The Morgan fingerprint density at radius 3 is 2.12 bits per heavy atom. The third kappa shape index (κ3) is 9.93. The van der Waals surface area contributed by atoms with E-state index >= 15 is 0 Å². The van der Waals surface area contributed by atoms with Gasteiger partial charge in [-0.3, -0.25) is 4.79 Å². The minimum atomic E-state index is -2.87. The van der Waals surface area contributed by atoms with Gasteiger partial charge in [-0.15, -0.1) is 9.79 Å². The third-order valence-electron chi connectivity index (χ3n) is 1.35. The zero-order valence-corrected chi connectivity index (χ0v) is 10.8. The number of halogens is 2. The van der Waals surface area contributed by atoms with Crippen molar-refractivity contribution in [2.24, 2.45) is 0 Å². The molecule has 0 radical (unpaired) electrons. The second kappa shape index (κ2) is 9.10. The van der Waals surface area contributed by atoms with Gasteiger partial charge < -0.3 is 5.32 Å². The number of nitrogens with one attached hydrogen (secondary N) is 1. The molecule has 0 aliphatic carbocycles. The van der Waals surface area contributed by atoms with E-state index in [-0.39, 0.29) is 10.4 Å². The monoisotopic (exact) mass is 296 g/mol. The standard InChI is InChI=1S/C9H7Cl2NO.HO3P/c10-8(11)6-12-9(13)7-4-2-1-3-5-7;1-4(2)3/h1-6H,(H,12,13);(H-,1,2,3)/p+1. The topological polar surface area (TPSA) is 86.6 Å². The van der Waals surface area contributed by atoms with Crippen LogP contribution in [0.2, 0.25) is 0 Å². The van der Waals surface area contributed by atoms with Gasteiger partial charge in [0.25, 0.3) is 5.91 Å². The minimum absolute atomic E-state index is 0.0179. The zero-order valence-electron chi connectivity index (χ0n) is 8.38. The molecular weight excluding hydrogens is 288 g/mol. The fraction of sp³-hybridized carbons (Fsp3) is 0. The molecule has 17 heavy (non-hydrogen) atoms. The van der Waals surface area contributed by atoms with E-state index in [1.807, 2.05) is 6.07 Å². The first kappa shape index (κ1) is 16.0. The van der Waals surface area contributed by atoms with E-state index in [0.29, 0.717) is 5.56 Å². The van der Waals surface area contributed by atoms with E-state index < -0.39 is 8.25 Å². The highest BCUT2D eigenvalue weighted by molar-refractivity contribution is 7.30. The normalized spacial score (nSPS) is 8.47. The number of amides is 1. The first-order chi connectivity index (χ1) is 7.93. The van der Waals surface area contributed by atoms with Crippen LogP contribution in [0.3, 0.4) is 0 Å². The fourth-order valence-electron chi connectivity index (χ4n) is 0.793. The molecule has 1 rings (SSSR count). The van der Waals surface area contributed by atoms with E-state index in [2.05, 4.69) is 5.32 Å². The summed E-state index contributed by atoms with van der Waals surface area (Å²) in [5, 5.41) is 2.43. The molecule has 0 fully saturated rings. The Morgan fingerprint density at radius 2 is 1.71 bits per heavy atom. The zero-order chi connectivity index (χ0) is 13.3. The van der Waals surface area contributed by atoms with Crippen LogP contribution in [0.1, 0.15) is 10.4 Å². The summed E-state index contributed by atoms with van der Waals surface area (Å²) in [6.45, 7) is 0. The Balaban J connectivity index is 0.000000557. The van der Waals surface area contributed by atoms with Crippen molar-refractivity contribution in [3.63, 3.8) is 0 Å². The molecule has 0 aromatic heterocycles. The van der Waals surface area contributed by atoms with Crippen LogP contribution in [-0.4, -0.2) is 15.7 Å². The second-order valence-electron chi connectivity index (χ2n) is 2.53. The van der Waals surface area contributed by atoms with E-state index in [1.165, 1.54) is 6.20 Å². The van der Waals surface area contributed by atoms with Gasteiger partial charge >= 0.3 is 8.25 Å². The fourth-order valence-corrected chi connectivity index (χ4v) is 0.902. The lowest BCUT2D eigenvalue weighted by Crippen LogP contribution is -2.16. The molecule has 1 aromatic carbocycles. The number of hydrogen-bond donors (Lipinski definition) is 3. The predicted octanol–water partition coefficient (Wildman–Crippen LogP) is 2.32. The average molecular weight is 297 g/mol. The quantitative estimate of drug-likeness (QED) is 0.731. The summed E-state index contributed by atoms with van der Waals surface area (Å²) in [5.74, 6) is -0.237. The Hall–Kier alpha value is -0.970. The molecule has 0 spiro atoms. The van der Waals surface area contributed by atoms with E-state index in [4.69, 9.17) is 37.6 Å². The van der Waals surface area contributed by atoms with E-state index in [0.717, 1.165) is 0 Å². The van der Waals surface area contributed by atoms with Crippen molar-refractivity contribution in [1.29, 1.82) is 0 Å². The summed E-state index contributed by atoms with van der Waals surface area (Å²) in [6, 6.07) is 8.79. The van der Waals surface area contributed by atoms with Crippen molar-refractivity contribution in [2.75, 3.05) is 0 Å². The number of hydrogen-bond acceptors (Lipinski definition) is 2. The largest absolute Gasteiger partial charge is 0.692 e. The Bertz CT molecular complexity index is 403. The molecule has 3 N–H and O–H groups in total. The van der Waals surface area contributed by atoms with Crippen molar-refractivity contribution in [3.05, 3.63) is 46.6 Å². The summed E-state index contributed by atoms with van der Waals surface area (Å²) in [5.41, 5.74) is 0.563. The Morgan fingerprint density at radius 1 is 1.24 bits per heavy atom. The van der Waals surface area contributed by atoms with Gasteiger partial charge in [-0.25, -0.2) is 0 Å². The summed E-state index contributed by atoms with van der Waals surface area (Å²) in [6.07, 6.45) is 1.23. The number of carbonyl (C=O) groups excluding carboxylic acids is 1. The lowest BCUT2D eigenvalue weighted by Gasteiger charge is -1.98. The van der Waals surface area contributed by atoms with Crippen molar-refractivity contribution in [3.8, 4) is 0 Å². The van der Waals surface area contributed by atoms with Gasteiger partial charge in [0.1, 0.15) is 4.49 Å². The molecular formula is C9H9Cl2NO4P+. The first-order valence-corrected chi connectivity index (χ1v) is 6.07. The van der Waals surface area contributed by atoms with Gasteiger partial charge in [-0.2, -0.15) is 0 Å². The molecule has 5 nitrogen and oxygen atoms in total. The van der Waals surface area contributed by atoms with Gasteiger partial charge in [-0.1, -0.05) is 41.4 Å². The third-order valence-corrected chi connectivity index (χ3v) is 1.57. The van der Waals surface area contributed by atoms with Crippen LogP contribution in [-0.2, 0) is 4.57 Å². The van der Waals surface area contributed by atoms with E-state index in [1.54, 1.807) is 24.3 Å². The van der Waals surface area contributed by atoms with Crippen molar-refractivity contribution in [2.45, 2.75) is 0 Å². The van der Waals surface area contributed by atoms with Gasteiger partial charge in [0, 0.05) is 16.3 Å². The Kier molecular flexibility index (Phi) is 8.58. The van der Waals surface area contributed by atoms with Crippen LogP contribution >= 0.6 is 31.5 Å². The van der Waals surface area contributed by atoms with Crippen LogP contribution in [0.5, 0.6) is 0 Å². The van der Waals surface area contributed by atoms with Crippen molar-refractivity contribution < 1.29 is 19.1 Å². The lowest BCUT2D eigenvalue weighted by atomic mass is 10.2. The van der Waals surface area contributed by atoms with Crippen molar-refractivity contribution in [1.82, 2.24) is 5.32 Å². The van der Waals surface area contributed by atoms with Gasteiger partial charge in [0.15, 0.2) is 0 Å². The van der Waals surface area contributed by atoms with Gasteiger partial charge in [0.05, 0.1) is 0 Å². The molecule has 0 aliphatic heterocycles. The summed E-state index contributed by atoms with van der Waals surface area (Å²) >= 11 is 10.6. The highest BCUT2D eigenvalue weighted by Gasteiger charge is 2.00. The molecule has 1 aromatic rings. The van der Waals surface area contributed by atoms with Crippen LogP contribution in [0, 0.1) is 0 Å². The van der Waals surface area contributed by atoms with Crippen LogP contribution < -0.4 is 5.32 Å². The average Bonchev–Trinajstić information content (AvgIpc) is 2.26. The molecule has 1 amide bonds. The SMILES string of the molecule is O=C(NC=C(Cl)Cl)c1ccccc1.O=[P+](O)O. The highest BCUT2D eigenvalue weighted by Crippen LogP contribution is 2.04. The maximum absolute atomic E-state index is 11.3. The molecule has 8 heteroatoms. The predicted molar refractivity (Wildman–Crippen MR) is 65.7 cm³/mol. The number of rotatable bonds is 2. The van der Waals surface area contributed by atoms with Crippen molar-refractivity contribution >= 4 is 37.4 Å². The number of carbonyl (C=O) groups is 1.